The predicted octanol–water partition coefficient (Wildman–Crippen LogP) is 3.93. The van der Waals surface area contributed by atoms with Crippen molar-refractivity contribution in [2.24, 2.45) is 0 Å². The first-order valence-corrected chi connectivity index (χ1v) is 9.57. The van der Waals surface area contributed by atoms with E-state index < -0.39 is 0 Å². The lowest BCUT2D eigenvalue weighted by Gasteiger charge is -2.13. The Kier molecular flexibility index (Phi) is 6.49. The van der Waals surface area contributed by atoms with Gasteiger partial charge in [0.25, 0.3) is 11.1 Å². The van der Waals surface area contributed by atoms with Crippen LogP contribution in [0.3, 0.4) is 0 Å². The average molecular weight is 383 g/mol. The molecular formula is C20H21N3O3S. The molecule has 0 unspecified atom stereocenters. The van der Waals surface area contributed by atoms with Gasteiger partial charge in [0.15, 0.2) is 6.61 Å². The summed E-state index contributed by atoms with van der Waals surface area (Å²) in [4.78, 5) is 12.1. The number of nitrogens with zero attached hydrogens (tertiary/aromatic N) is 2. The van der Waals surface area contributed by atoms with Crippen LogP contribution in [0.4, 0.5) is 0 Å². The third-order valence-electron chi connectivity index (χ3n) is 3.84. The Morgan fingerprint density at radius 3 is 2.63 bits per heavy atom. The maximum atomic E-state index is 12.1. The number of ether oxygens (including phenoxy) is 1. The Labute approximate surface area is 162 Å². The van der Waals surface area contributed by atoms with Gasteiger partial charge in [-0.15, -0.1) is 10.2 Å². The van der Waals surface area contributed by atoms with Gasteiger partial charge in [-0.2, -0.15) is 0 Å². The van der Waals surface area contributed by atoms with Crippen LogP contribution < -0.4 is 10.1 Å². The van der Waals surface area contributed by atoms with E-state index in [1.54, 1.807) is 0 Å². The summed E-state index contributed by atoms with van der Waals surface area (Å²) in [6.45, 7) is 4.15. The van der Waals surface area contributed by atoms with Crippen LogP contribution in [-0.2, 0) is 11.4 Å². The first kappa shape index (κ1) is 19.0. The highest BCUT2D eigenvalue weighted by Gasteiger charge is 2.13. The summed E-state index contributed by atoms with van der Waals surface area (Å²) < 4.78 is 11.1. The van der Waals surface area contributed by atoms with E-state index in [-0.39, 0.29) is 24.3 Å². The lowest BCUT2D eigenvalue weighted by atomic mass is 10.1. The lowest BCUT2D eigenvalue weighted by molar-refractivity contribution is -0.119. The van der Waals surface area contributed by atoms with Gasteiger partial charge < -0.3 is 14.5 Å². The number of amides is 1. The molecule has 0 aliphatic rings. The zero-order valence-corrected chi connectivity index (χ0v) is 16.0. The van der Waals surface area contributed by atoms with Gasteiger partial charge in [-0.25, -0.2) is 0 Å². The maximum Gasteiger partial charge on any atom is 0.277 e. The van der Waals surface area contributed by atoms with Crippen molar-refractivity contribution in [2.75, 3.05) is 5.75 Å². The molecule has 0 aliphatic carbocycles. The summed E-state index contributed by atoms with van der Waals surface area (Å²) >= 11 is 1.20. The largest absolute Gasteiger partial charge is 0.484 e. The van der Waals surface area contributed by atoms with Gasteiger partial charge in [-0.1, -0.05) is 59.8 Å². The van der Waals surface area contributed by atoms with Gasteiger partial charge in [-0.3, -0.25) is 4.79 Å². The second kappa shape index (κ2) is 9.23. The van der Waals surface area contributed by atoms with Crippen molar-refractivity contribution in [3.8, 4) is 5.75 Å². The van der Waals surface area contributed by atoms with Crippen LogP contribution in [0.1, 0.15) is 30.0 Å². The van der Waals surface area contributed by atoms with E-state index in [0.29, 0.717) is 11.1 Å². The molecule has 1 atom stereocenters. The van der Waals surface area contributed by atoms with Gasteiger partial charge >= 0.3 is 0 Å². The number of benzene rings is 2. The van der Waals surface area contributed by atoms with Gasteiger partial charge in [0.05, 0.1) is 11.8 Å². The number of hydrogen-bond donors (Lipinski definition) is 1. The average Bonchev–Trinajstić information content (AvgIpc) is 3.14. The van der Waals surface area contributed by atoms with Crippen molar-refractivity contribution in [2.45, 2.75) is 31.7 Å². The normalized spacial score (nSPS) is 11.8. The highest BCUT2D eigenvalue weighted by molar-refractivity contribution is 7.99. The standard InChI is InChI=1S/C20H21N3O3S/c1-14-8-10-17(11-9-14)25-12-19-22-23-20(26-19)27-13-18(24)21-15(2)16-6-4-3-5-7-16/h3-11,15H,12-13H2,1-2H3,(H,21,24)/t15-/m0/s1. The van der Waals surface area contributed by atoms with Gasteiger partial charge in [0, 0.05) is 0 Å². The summed E-state index contributed by atoms with van der Waals surface area (Å²) in [6, 6.07) is 17.5. The Morgan fingerprint density at radius 2 is 1.89 bits per heavy atom. The number of aryl methyl sites for hydroxylation is 1. The van der Waals surface area contributed by atoms with Gasteiger partial charge in [0.2, 0.25) is 5.91 Å². The molecule has 0 bridgehead atoms. The zero-order chi connectivity index (χ0) is 19.1. The summed E-state index contributed by atoms with van der Waals surface area (Å²) in [5, 5.41) is 11.2. The molecule has 0 radical (unpaired) electrons. The van der Waals surface area contributed by atoms with E-state index in [1.807, 2.05) is 68.4 Å². The minimum Gasteiger partial charge on any atom is -0.484 e. The topological polar surface area (TPSA) is 77.2 Å². The van der Waals surface area contributed by atoms with E-state index in [4.69, 9.17) is 9.15 Å². The van der Waals surface area contributed by atoms with Crippen molar-refractivity contribution >= 4 is 17.7 Å². The van der Waals surface area contributed by atoms with E-state index in [9.17, 15) is 4.79 Å². The molecule has 7 heteroatoms. The molecular weight excluding hydrogens is 362 g/mol. The third kappa shape index (κ3) is 5.86. The van der Waals surface area contributed by atoms with Gasteiger partial charge in [0.1, 0.15) is 5.75 Å². The number of carbonyl (C=O) groups is 1. The minimum atomic E-state index is -0.0907. The van der Waals surface area contributed by atoms with Crippen molar-refractivity contribution < 1.29 is 13.9 Å². The molecule has 0 saturated heterocycles. The number of rotatable bonds is 8. The quantitative estimate of drug-likeness (QED) is 0.594. The van der Waals surface area contributed by atoms with Crippen LogP contribution in [-0.4, -0.2) is 21.9 Å². The second-order valence-corrected chi connectivity index (χ2v) is 6.98. The minimum absolute atomic E-state index is 0.0551. The summed E-state index contributed by atoms with van der Waals surface area (Å²) in [5.74, 6) is 1.22. The molecule has 1 aromatic heterocycles. The van der Waals surface area contributed by atoms with Crippen molar-refractivity contribution in [1.82, 2.24) is 15.5 Å². The fourth-order valence-electron chi connectivity index (χ4n) is 2.37. The highest BCUT2D eigenvalue weighted by Crippen LogP contribution is 2.18. The Hall–Kier alpha value is -2.80. The van der Waals surface area contributed by atoms with Gasteiger partial charge in [-0.05, 0) is 31.5 Å². The summed E-state index contributed by atoms with van der Waals surface area (Å²) in [5.41, 5.74) is 2.22. The number of nitrogens with one attached hydrogen (secondary N) is 1. The molecule has 0 aliphatic heterocycles. The SMILES string of the molecule is Cc1ccc(OCc2nnc(SCC(=O)N[C@@H](C)c3ccccc3)o2)cc1. The van der Waals surface area contributed by atoms with Crippen LogP contribution in [0.15, 0.2) is 64.2 Å². The molecule has 1 amide bonds. The van der Waals surface area contributed by atoms with Crippen LogP contribution in [0, 0.1) is 6.92 Å². The fraction of sp³-hybridized carbons (Fsp3) is 0.250. The predicted molar refractivity (Wildman–Crippen MR) is 104 cm³/mol. The number of aromatic nitrogens is 2. The van der Waals surface area contributed by atoms with E-state index in [1.165, 1.54) is 17.3 Å². The van der Waals surface area contributed by atoms with Crippen molar-refractivity contribution in [3.05, 3.63) is 71.6 Å². The number of thioether (sulfide) groups is 1. The molecule has 0 fully saturated rings. The molecule has 27 heavy (non-hydrogen) atoms. The van der Waals surface area contributed by atoms with E-state index in [2.05, 4.69) is 15.5 Å². The smallest absolute Gasteiger partial charge is 0.277 e. The van der Waals surface area contributed by atoms with Crippen LogP contribution in [0.2, 0.25) is 0 Å². The van der Waals surface area contributed by atoms with Crippen LogP contribution in [0.25, 0.3) is 0 Å². The first-order valence-electron chi connectivity index (χ1n) is 8.59. The zero-order valence-electron chi connectivity index (χ0n) is 15.2. The molecule has 0 spiro atoms. The highest BCUT2D eigenvalue weighted by atomic mass is 32.2. The lowest BCUT2D eigenvalue weighted by Crippen LogP contribution is -2.28. The molecule has 3 aromatic rings. The van der Waals surface area contributed by atoms with Crippen molar-refractivity contribution in [3.63, 3.8) is 0 Å². The Morgan fingerprint density at radius 1 is 1.15 bits per heavy atom. The third-order valence-corrected chi connectivity index (χ3v) is 4.65. The number of carbonyl (C=O) groups excluding carboxylic acids is 1. The summed E-state index contributed by atoms with van der Waals surface area (Å²) in [6.07, 6.45) is 0. The molecule has 1 heterocycles. The monoisotopic (exact) mass is 383 g/mol. The Balaban J connectivity index is 1.43. The van der Waals surface area contributed by atoms with Crippen LogP contribution >= 0.6 is 11.8 Å². The first-order chi connectivity index (χ1) is 13.1. The van der Waals surface area contributed by atoms with E-state index in [0.717, 1.165) is 11.3 Å². The van der Waals surface area contributed by atoms with E-state index >= 15 is 0 Å². The van der Waals surface area contributed by atoms with Crippen molar-refractivity contribution in [1.29, 1.82) is 0 Å². The maximum absolute atomic E-state index is 12.1. The number of hydrogen-bond acceptors (Lipinski definition) is 6. The molecule has 3 rings (SSSR count). The Bertz CT molecular complexity index is 866. The molecule has 140 valence electrons. The van der Waals surface area contributed by atoms with Crippen LogP contribution in [0.5, 0.6) is 5.75 Å². The summed E-state index contributed by atoms with van der Waals surface area (Å²) in [7, 11) is 0. The molecule has 6 nitrogen and oxygen atoms in total. The fourth-order valence-corrected chi connectivity index (χ4v) is 2.96. The second-order valence-electron chi connectivity index (χ2n) is 6.05. The molecule has 0 saturated carbocycles. The molecule has 2 aromatic carbocycles. The molecule has 1 N–H and O–H groups in total.